The molecule has 0 radical (unpaired) electrons. The lowest BCUT2D eigenvalue weighted by molar-refractivity contribution is 0.807. The Balaban J connectivity index is 2.27. The fourth-order valence-corrected chi connectivity index (χ4v) is 2.12. The number of hydrogen-bond acceptors (Lipinski definition) is 0. The van der Waals surface area contributed by atoms with E-state index in [2.05, 4.69) is 43.4 Å². The zero-order chi connectivity index (χ0) is 9.10. The van der Waals surface area contributed by atoms with Gasteiger partial charge in [0.05, 0.1) is 0 Å². The van der Waals surface area contributed by atoms with E-state index in [1.54, 1.807) is 11.1 Å². The van der Waals surface area contributed by atoms with Crippen molar-refractivity contribution in [3.63, 3.8) is 0 Å². The van der Waals surface area contributed by atoms with Crippen LogP contribution in [0.1, 0.15) is 26.2 Å². The van der Waals surface area contributed by atoms with Gasteiger partial charge in [0.1, 0.15) is 0 Å². The Bertz CT molecular complexity index is 288. The predicted octanol–water partition coefficient (Wildman–Crippen LogP) is 3.79. The summed E-state index contributed by atoms with van der Waals surface area (Å²) in [7, 11) is 0. The minimum atomic E-state index is 0.597. The molecule has 0 aliphatic heterocycles. The van der Waals surface area contributed by atoms with E-state index in [9.17, 15) is 0 Å². The van der Waals surface area contributed by atoms with Crippen LogP contribution in [0.15, 0.2) is 47.6 Å². The summed E-state index contributed by atoms with van der Waals surface area (Å²) >= 11 is 0. The molecule has 0 N–H and O–H groups in total. The first-order valence-corrected chi connectivity index (χ1v) is 5.15. The Kier molecular flexibility index (Phi) is 2.49. The van der Waals surface area contributed by atoms with Crippen LogP contribution < -0.4 is 0 Å². The predicted molar refractivity (Wildman–Crippen MR) is 57.5 cm³/mol. The Morgan fingerprint density at radius 2 is 2.08 bits per heavy atom. The van der Waals surface area contributed by atoms with Gasteiger partial charge in [-0.05, 0) is 24.8 Å². The van der Waals surface area contributed by atoms with Crippen molar-refractivity contribution in [2.75, 3.05) is 0 Å². The van der Waals surface area contributed by atoms with Crippen molar-refractivity contribution in [2.24, 2.45) is 5.92 Å². The van der Waals surface area contributed by atoms with Gasteiger partial charge in [-0.15, -0.1) is 0 Å². The molecule has 2 rings (SSSR count). The second-order valence-corrected chi connectivity index (χ2v) is 3.64. The van der Waals surface area contributed by atoms with Gasteiger partial charge >= 0.3 is 0 Å². The number of hydrogen-bond donors (Lipinski definition) is 0. The smallest absolute Gasteiger partial charge is 0.0169 e. The van der Waals surface area contributed by atoms with E-state index in [1.807, 2.05) is 0 Å². The fraction of sp³-hybridized carbons (Fsp3) is 0.385. The third-order valence-electron chi connectivity index (χ3n) is 2.84. The Hall–Kier alpha value is -1.04. The quantitative estimate of drug-likeness (QED) is 0.594. The van der Waals surface area contributed by atoms with Gasteiger partial charge in [-0.2, -0.15) is 0 Å². The third kappa shape index (κ3) is 1.67. The van der Waals surface area contributed by atoms with Crippen LogP contribution in [0.3, 0.4) is 0 Å². The molecule has 13 heavy (non-hydrogen) atoms. The van der Waals surface area contributed by atoms with Gasteiger partial charge in [-0.1, -0.05) is 49.0 Å². The minimum Gasteiger partial charge on any atom is -0.0839 e. The summed E-state index contributed by atoms with van der Waals surface area (Å²) in [6.45, 7) is 2.24. The van der Waals surface area contributed by atoms with Crippen LogP contribution >= 0.6 is 0 Å². The van der Waals surface area contributed by atoms with Crippen molar-refractivity contribution in [3.05, 3.63) is 47.6 Å². The van der Waals surface area contributed by atoms with Gasteiger partial charge < -0.3 is 0 Å². The highest BCUT2D eigenvalue weighted by Gasteiger charge is 2.14. The van der Waals surface area contributed by atoms with Crippen molar-refractivity contribution in [2.45, 2.75) is 26.2 Å². The molecule has 0 spiro atoms. The molecule has 0 saturated carbocycles. The monoisotopic (exact) mass is 172 g/mol. The Morgan fingerprint density at radius 1 is 1.31 bits per heavy atom. The number of allylic oxidation sites excluding steroid dienone is 8. The molecule has 0 aromatic rings. The Morgan fingerprint density at radius 3 is 2.77 bits per heavy atom. The summed E-state index contributed by atoms with van der Waals surface area (Å²) in [5.74, 6) is 0.597. The van der Waals surface area contributed by atoms with E-state index in [-0.39, 0.29) is 0 Å². The van der Waals surface area contributed by atoms with E-state index in [4.69, 9.17) is 0 Å². The van der Waals surface area contributed by atoms with Crippen molar-refractivity contribution < 1.29 is 0 Å². The van der Waals surface area contributed by atoms with E-state index in [1.165, 1.54) is 19.3 Å². The van der Waals surface area contributed by atoms with E-state index >= 15 is 0 Å². The maximum atomic E-state index is 2.30. The number of rotatable bonds is 2. The molecule has 0 aromatic heterocycles. The highest BCUT2D eigenvalue weighted by Crippen LogP contribution is 2.30. The molecule has 0 fully saturated rings. The molecular formula is C13H16. The third-order valence-corrected chi connectivity index (χ3v) is 2.84. The highest BCUT2D eigenvalue weighted by molar-refractivity contribution is 5.38. The molecule has 68 valence electrons. The maximum Gasteiger partial charge on any atom is 0.0169 e. The molecule has 0 bridgehead atoms. The zero-order valence-electron chi connectivity index (χ0n) is 8.16. The van der Waals surface area contributed by atoms with Gasteiger partial charge in [0.15, 0.2) is 0 Å². The first-order chi connectivity index (χ1) is 6.42. The molecule has 0 nitrogen and oxygen atoms in total. The van der Waals surface area contributed by atoms with E-state index in [0.717, 1.165) is 0 Å². The van der Waals surface area contributed by atoms with Gasteiger partial charge in [-0.25, -0.2) is 0 Å². The Labute approximate surface area is 80.3 Å². The molecule has 2 aliphatic carbocycles. The van der Waals surface area contributed by atoms with Crippen LogP contribution in [0, 0.1) is 5.92 Å². The molecule has 0 saturated heterocycles. The first-order valence-electron chi connectivity index (χ1n) is 5.15. The summed E-state index contributed by atoms with van der Waals surface area (Å²) in [6, 6.07) is 0. The van der Waals surface area contributed by atoms with Crippen LogP contribution in [0.2, 0.25) is 0 Å². The van der Waals surface area contributed by atoms with Crippen molar-refractivity contribution in [3.8, 4) is 0 Å². The summed E-state index contributed by atoms with van der Waals surface area (Å²) in [5.41, 5.74) is 3.18. The van der Waals surface area contributed by atoms with Gasteiger partial charge in [0.2, 0.25) is 0 Å². The average Bonchev–Trinajstić information content (AvgIpc) is 2.70. The van der Waals surface area contributed by atoms with Crippen LogP contribution in [0.5, 0.6) is 0 Å². The molecule has 0 aromatic carbocycles. The standard InChI is InChI=1S/C13H16/c1-2-11-7-5-6-10-13(11)12-8-3-4-9-12/h3-5,7-9,12H,2,6,10H2,1H3. The normalized spacial score (nSPS) is 21.9. The highest BCUT2D eigenvalue weighted by atomic mass is 14.2. The molecule has 2 aliphatic rings. The second-order valence-electron chi connectivity index (χ2n) is 3.64. The lowest BCUT2D eigenvalue weighted by atomic mass is 9.87. The lowest BCUT2D eigenvalue weighted by Crippen LogP contribution is -2.02. The van der Waals surface area contributed by atoms with Crippen molar-refractivity contribution in [1.29, 1.82) is 0 Å². The molecule has 0 unspecified atom stereocenters. The van der Waals surface area contributed by atoms with Crippen molar-refractivity contribution in [1.82, 2.24) is 0 Å². The summed E-state index contributed by atoms with van der Waals surface area (Å²) in [6.07, 6.45) is 17.1. The molecule has 0 heterocycles. The summed E-state index contributed by atoms with van der Waals surface area (Å²) in [4.78, 5) is 0. The van der Waals surface area contributed by atoms with Crippen LogP contribution in [0.4, 0.5) is 0 Å². The molecule has 0 amide bonds. The minimum absolute atomic E-state index is 0.597. The van der Waals surface area contributed by atoms with Gasteiger partial charge in [-0.3, -0.25) is 0 Å². The summed E-state index contributed by atoms with van der Waals surface area (Å²) < 4.78 is 0. The lowest BCUT2D eigenvalue weighted by Gasteiger charge is -2.18. The topological polar surface area (TPSA) is 0 Å². The van der Waals surface area contributed by atoms with Gasteiger partial charge in [0, 0.05) is 5.92 Å². The molecule has 0 heteroatoms. The molecule has 0 atom stereocenters. The van der Waals surface area contributed by atoms with E-state index < -0.39 is 0 Å². The van der Waals surface area contributed by atoms with E-state index in [0.29, 0.717) is 5.92 Å². The average molecular weight is 172 g/mol. The summed E-state index contributed by atoms with van der Waals surface area (Å²) in [5, 5.41) is 0. The van der Waals surface area contributed by atoms with Crippen LogP contribution in [-0.4, -0.2) is 0 Å². The second kappa shape index (κ2) is 3.78. The molecular weight excluding hydrogens is 156 g/mol. The largest absolute Gasteiger partial charge is 0.0839 e. The van der Waals surface area contributed by atoms with Gasteiger partial charge in [0.25, 0.3) is 0 Å². The van der Waals surface area contributed by atoms with Crippen molar-refractivity contribution >= 4 is 0 Å². The first kappa shape index (κ1) is 8.55. The zero-order valence-corrected chi connectivity index (χ0v) is 8.16. The maximum absolute atomic E-state index is 2.30. The van der Waals surface area contributed by atoms with Crippen LogP contribution in [-0.2, 0) is 0 Å². The fourth-order valence-electron chi connectivity index (χ4n) is 2.12. The SMILES string of the molecule is CCC1=C(C2C=CC=C2)CCC=C1. The van der Waals surface area contributed by atoms with Crippen LogP contribution in [0.25, 0.3) is 0 Å².